The number of amides is 2. The molecule has 0 radical (unpaired) electrons. The van der Waals surface area contributed by atoms with E-state index >= 15 is 0 Å². The number of hydrogen-bond donors (Lipinski definition) is 2. The van der Waals surface area contributed by atoms with Gasteiger partial charge in [0.2, 0.25) is 5.91 Å². The maximum absolute atomic E-state index is 13.9. The first-order valence-corrected chi connectivity index (χ1v) is 11.3. The molecule has 11 heteroatoms. The lowest BCUT2D eigenvalue weighted by atomic mass is 10.0. The van der Waals surface area contributed by atoms with E-state index in [1.165, 1.54) is 18.2 Å². The van der Waals surface area contributed by atoms with Gasteiger partial charge in [0.25, 0.3) is 5.91 Å². The van der Waals surface area contributed by atoms with Crippen molar-refractivity contribution in [2.75, 3.05) is 19.4 Å². The number of aromatic nitrogens is 2. The molecular formula is C24H31N7O4. The lowest BCUT2D eigenvalue weighted by Gasteiger charge is -2.31. The van der Waals surface area contributed by atoms with Crippen LogP contribution in [0.4, 0.5) is 5.69 Å². The van der Waals surface area contributed by atoms with E-state index in [2.05, 4.69) is 31.6 Å². The molecule has 186 valence electrons. The minimum Gasteiger partial charge on any atom is -0.397 e. The number of aryl methyl sites for hydroxylation is 1. The standard InChI is InChI=1S/C24H31N7O4/c1-6-7-8-24(29-30-24)9-10-31(23(33)19-11-17(25)13-26-16(19)4)21(22(32)27-15(2)3)20-12-18(14-34-5)35-28-20/h1,11-13,15,21H,7-10,14,25H2,2-5H3,(H,27,32). The molecule has 1 atom stereocenters. The Labute approximate surface area is 204 Å². The second-order valence-electron chi connectivity index (χ2n) is 8.75. The number of pyridine rings is 1. The third-order valence-electron chi connectivity index (χ3n) is 5.54. The molecule has 0 aliphatic carbocycles. The van der Waals surface area contributed by atoms with Crippen LogP contribution in [0.3, 0.4) is 0 Å². The number of nitrogens with two attached hydrogens (primary N) is 1. The van der Waals surface area contributed by atoms with Crippen LogP contribution in [0, 0.1) is 19.3 Å². The van der Waals surface area contributed by atoms with Crippen molar-refractivity contribution in [2.45, 2.75) is 64.4 Å². The maximum atomic E-state index is 13.9. The zero-order chi connectivity index (χ0) is 25.6. The third-order valence-corrected chi connectivity index (χ3v) is 5.54. The number of anilines is 1. The molecule has 35 heavy (non-hydrogen) atoms. The van der Waals surface area contributed by atoms with E-state index in [4.69, 9.17) is 21.4 Å². The zero-order valence-corrected chi connectivity index (χ0v) is 20.4. The molecule has 3 heterocycles. The van der Waals surface area contributed by atoms with E-state index in [0.717, 1.165) is 0 Å². The molecule has 1 aliphatic rings. The van der Waals surface area contributed by atoms with E-state index in [1.54, 1.807) is 19.1 Å². The molecule has 0 spiro atoms. The Hall–Kier alpha value is -3.78. The van der Waals surface area contributed by atoms with Crippen LogP contribution >= 0.6 is 0 Å². The molecule has 0 aromatic carbocycles. The third kappa shape index (κ3) is 6.42. The quantitative estimate of drug-likeness (QED) is 0.443. The molecule has 2 amide bonds. The Morgan fingerprint density at radius 3 is 2.69 bits per heavy atom. The van der Waals surface area contributed by atoms with Gasteiger partial charge >= 0.3 is 0 Å². The summed E-state index contributed by atoms with van der Waals surface area (Å²) < 4.78 is 10.5. The lowest BCUT2D eigenvalue weighted by Crippen LogP contribution is -2.47. The van der Waals surface area contributed by atoms with Crippen LogP contribution in [0.25, 0.3) is 0 Å². The molecule has 2 aromatic rings. The maximum Gasteiger partial charge on any atom is 0.256 e. The molecular weight excluding hydrogens is 450 g/mol. The van der Waals surface area contributed by atoms with Crippen LogP contribution in [-0.4, -0.2) is 52.2 Å². The number of carbonyl (C=O) groups excluding carboxylic acids is 2. The predicted molar refractivity (Wildman–Crippen MR) is 128 cm³/mol. The highest BCUT2D eigenvalue weighted by Crippen LogP contribution is 2.38. The van der Waals surface area contributed by atoms with Crippen molar-refractivity contribution in [1.82, 2.24) is 20.4 Å². The zero-order valence-electron chi connectivity index (χ0n) is 20.4. The molecule has 2 aromatic heterocycles. The average Bonchev–Trinajstić information content (AvgIpc) is 3.44. The van der Waals surface area contributed by atoms with Crippen molar-refractivity contribution in [2.24, 2.45) is 10.2 Å². The smallest absolute Gasteiger partial charge is 0.256 e. The molecule has 0 bridgehead atoms. The fraction of sp³-hybridized carbons (Fsp3) is 0.500. The Balaban J connectivity index is 2.02. The number of nitrogens with one attached hydrogen (secondary N) is 1. The van der Waals surface area contributed by atoms with Crippen molar-refractivity contribution in [3.8, 4) is 12.3 Å². The highest BCUT2D eigenvalue weighted by Gasteiger charge is 2.42. The van der Waals surface area contributed by atoms with Gasteiger partial charge < -0.3 is 25.2 Å². The first kappa shape index (κ1) is 25.8. The lowest BCUT2D eigenvalue weighted by molar-refractivity contribution is -0.126. The highest BCUT2D eigenvalue weighted by atomic mass is 16.5. The fourth-order valence-corrected chi connectivity index (χ4v) is 3.70. The summed E-state index contributed by atoms with van der Waals surface area (Å²) in [5, 5.41) is 15.3. The van der Waals surface area contributed by atoms with E-state index in [0.29, 0.717) is 36.4 Å². The van der Waals surface area contributed by atoms with Gasteiger partial charge in [-0.2, -0.15) is 10.2 Å². The second kappa shape index (κ2) is 11.1. The number of ether oxygens (including phenoxy) is 1. The van der Waals surface area contributed by atoms with Crippen LogP contribution in [0.15, 0.2) is 33.1 Å². The van der Waals surface area contributed by atoms with Gasteiger partial charge in [0, 0.05) is 45.0 Å². The van der Waals surface area contributed by atoms with Crippen molar-refractivity contribution in [3.05, 3.63) is 41.0 Å². The fourth-order valence-electron chi connectivity index (χ4n) is 3.70. The largest absolute Gasteiger partial charge is 0.397 e. The SMILES string of the molecule is C#CCCC1(CCN(C(=O)c2cc(N)cnc2C)C(C(=O)NC(C)C)c2cc(COC)on2)N=N1. The van der Waals surface area contributed by atoms with Gasteiger partial charge in [0.1, 0.15) is 12.3 Å². The van der Waals surface area contributed by atoms with Gasteiger partial charge in [-0.3, -0.25) is 14.6 Å². The summed E-state index contributed by atoms with van der Waals surface area (Å²) in [6.45, 7) is 5.71. The average molecular weight is 482 g/mol. The Bertz CT molecular complexity index is 1130. The first-order valence-electron chi connectivity index (χ1n) is 11.3. The minimum absolute atomic E-state index is 0.160. The van der Waals surface area contributed by atoms with Gasteiger partial charge in [-0.15, -0.1) is 12.3 Å². The van der Waals surface area contributed by atoms with Gasteiger partial charge in [0.05, 0.1) is 23.1 Å². The van der Waals surface area contributed by atoms with E-state index in [-0.39, 0.29) is 30.5 Å². The van der Waals surface area contributed by atoms with Gasteiger partial charge in [0.15, 0.2) is 17.5 Å². The van der Waals surface area contributed by atoms with Crippen LogP contribution in [0.1, 0.15) is 66.7 Å². The topological polar surface area (TPSA) is 148 Å². The van der Waals surface area contributed by atoms with Crippen LogP contribution in [0.5, 0.6) is 0 Å². The Morgan fingerprint density at radius 1 is 1.31 bits per heavy atom. The summed E-state index contributed by atoms with van der Waals surface area (Å²) >= 11 is 0. The normalized spacial score (nSPS) is 14.4. The van der Waals surface area contributed by atoms with Gasteiger partial charge in [-0.05, 0) is 26.8 Å². The molecule has 0 saturated heterocycles. The van der Waals surface area contributed by atoms with E-state index in [9.17, 15) is 9.59 Å². The first-order chi connectivity index (χ1) is 16.7. The van der Waals surface area contributed by atoms with Crippen molar-refractivity contribution in [1.29, 1.82) is 0 Å². The highest BCUT2D eigenvalue weighted by molar-refractivity contribution is 5.99. The van der Waals surface area contributed by atoms with Crippen LogP contribution in [-0.2, 0) is 16.1 Å². The number of rotatable bonds is 12. The predicted octanol–water partition coefficient (Wildman–Crippen LogP) is 2.78. The van der Waals surface area contributed by atoms with Crippen molar-refractivity contribution in [3.63, 3.8) is 0 Å². The van der Waals surface area contributed by atoms with Crippen LogP contribution < -0.4 is 11.1 Å². The Kier molecular flexibility index (Phi) is 8.19. The number of nitrogen functional groups attached to an aromatic ring is 1. The number of carbonyl (C=O) groups is 2. The molecule has 1 aliphatic heterocycles. The van der Waals surface area contributed by atoms with Gasteiger partial charge in [-0.1, -0.05) is 5.16 Å². The molecule has 11 nitrogen and oxygen atoms in total. The number of nitrogens with zero attached hydrogens (tertiary/aromatic N) is 5. The van der Waals surface area contributed by atoms with Crippen molar-refractivity contribution >= 4 is 17.5 Å². The molecule has 0 fully saturated rings. The summed E-state index contributed by atoms with van der Waals surface area (Å²) in [7, 11) is 1.52. The molecule has 1 unspecified atom stereocenters. The summed E-state index contributed by atoms with van der Waals surface area (Å²) in [6, 6.07) is 1.91. The van der Waals surface area contributed by atoms with Crippen molar-refractivity contribution < 1.29 is 18.8 Å². The number of methoxy groups -OCH3 is 1. The number of hydrogen-bond acceptors (Lipinski definition) is 9. The Morgan fingerprint density at radius 2 is 2.06 bits per heavy atom. The molecule has 3 N–H and O–H groups in total. The van der Waals surface area contributed by atoms with E-state index < -0.39 is 23.5 Å². The molecule has 3 rings (SSSR count). The minimum atomic E-state index is -1.08. The monoisotopic (exact) mass is 481 g/mol. The second-order valence-corrected chi connectivity index (χ2v) is 8.75. The number of terminal acetylenes is 1. The van der Waals surface area contributed by atoms with Gasteiger partial charge in [-0.25, -0.2) is 0 Å². The molecule has 0 saturated carbocycles. The van der Waals surface area contributed by atoms with E-state index in [1.807, 2.05) is 13.8 Å². The van der Waals surface area contributed by atoms with Crippen LogP contribution in [0.2, 0.25) is 0 Å². The summed E-state index contributed by atoms with van der Waals surface area (Å²) in [4.78, 5) is 33.0. The summed E-state index contributed by atoms with van der Waals surface area (Å²) in [5.74, 6) is 2.20. The summed E-state index contributed by atoms with van der Waals surface area (Å²) in [5.41, 5.74) is 6.65. The summed E-state index contributed by atoms with van der Waals surface area (Å²) in [6.07, 6.45) is 8.35.